The van der Waals surface area contributed by atoms with Crippen LogP contribution >= 0.6 is 0 Å². The van der Waals surface area contributed by atoms with E-state index in [4.69, 9.17) is 0 Å². The zero-order chi connectivity index (χ0) is 18.5. The van der Waals surface area contributed by atoms with Crippen molar-refractivity contribution in [3.63, 3.8) is 0 Å². The molecule has 26 heavy (non-hydrogen) atoms. The molecule has 0 bridgehead atoms. The zero-order valence-corrected chi connectivity index (χ0v) is 14.0. The third kappa shape index (κ3) is 3.77. The highest BCUT2D eigenvalue weighted by atomic mass is 19.1. The molecule has 3 nitrogen and oxygen atoms in total. The van der Waals surface area contributed by atoms with E-state index in [0.29, 0.717) is 41.6 Å². The van der Waals surface area contributed by atoms with E-state index in [2.05, 4.69) is 0 Å². The number of hydrogen-bond acceptors (Lipinski definition) is 2. The van der Waals surface area contributed by atoms with Crippen molar-refractivity contribution in [3.05, 3.63) is 89.1 Å². The first-order valence-corrected chi connectivity index (χ1v) is 8.28. The molecule has 0 saturated carbocycles. The van der Waals surface area contributed by atoms with Crippen molar-refractivity contribution in [3.8, 4) is 0 Å². The standard InChI is InChI=1S/C21H17F2NO2/c22-17-9-5-15(6-10-17)21(16-7-11-18(23)12-8-16)19(3-2-14-25)24-13-1-4-20(24)26/h2-3,5-12,14H,1,4,13H2/b3-2+. The van der Waals surface area contributed by atoms with Gasteiger partial charge in [0.1, 0.15) is 17.9 Å². The minimum atomic E-state index is -0.380. The average Bonchev–Trinajstić information content (AvgIpc) is 3.07. The summed E-state index contributed by atoms with van der Waals surface area (Å²) in [7, 11) is 0. The van der Waals surface area contributed by atoms with Crippen LogP contribution in [0.5, 0.6) is 0 Å². The van der Waals surface area contributed by atoms with E-state index in [1.165, 1.54) is 30.3 Å². The fourth-order valence-electron chi connectivity index (χ4n) is 3.04. The molecule has 2 aromatic carbocycles. The third-order valence-electron chi connectivity index (χ3n) is 4.22. The normalized spacial score (nSPS) is 14.1. The summed E-state index contributed by atoms with van der Waals surface area (Å²) in [6.07, 6.45) is 4.66. The molecular weight excluding hydrogens is 336 g/mol. The molecule has 0 radical (unpaired) electrons. The maximum absolute atomic E-state index is 13.4. The first-order valence-electron chi connectivity index (χ1n) is 8.28. The van der Waals surface area contributed by atoms with Crippen LogP contribution in [0.15, 0.2) is 66.4 Å². The van der Waals surface area contributed by atoms with Gasteiger partial charge in [0.15, 0.2) is 0 Å². The summed E-state index contributed by atoms with van der Waals surface area (Å²) in [5.74, 6) is -0.804. The molecule has 1 saturated heterocycles. The van der Waals surface area contributed by atoms with Crippen molar-refractivity contribution >= 4 is 17.8 Å². The lowest BCUT2D eigenvalue weighted by Crippen LogP contribution is -2.24. The van der Waals surface area contributed by atoms with Gasteiger partial charge in [0.05, 0.1) is 5.70 Å². The molecule has 1 aliphatic heterocycles. The fourth-order valence-corrected chi connectivity index (χ4v) is 3.04. The van der Waals surface area contributed by atoms with Crippen LogP contribution in [-0.4, -0.2) is 23.6 Å². The van der Waals surface area contributed by atoms with Gasteiger partial charge in [0.2, 0.25) is 5.91 Å². The summed E-state index contributed by atoms with van der Waals surface area (Å²) in [5.41, 5.74) is 2.52. The first kappa shape index (κ1) is 17.7. The highest BCUT2D eigenvalue weighted by molar-refractivity contribution is 5.89. The molecule has 3 rings (SSSR count). The van der Waals surface area contributed by atoms with E-state index < -0.39 is 0 Å². The molecule has 2 aromatic rings. The van der Waals surface area contributed by atoms with E-state index in [9.17, 15) is 18.4 Å². The van der Waals surface area contributed by atoms with Crippen LogP contribution in [0.3, 0.4) is 0 Å². The van der Waals surface area contributed by atoms with Crippen LogP contribution in [0.25, 0.3) is 5.57 Å². The number of carbonyl (C=O) groups excluding carboxylic acids is 2. The van der Waals surface area contributed by atoms with Gasteiger partial charge in [-0.05, 0) is 54.0 Å². The van der Waals surface area contributed by atoms with Crippen LogP contribution in [-0.2, 0) is 9.59 Å². The Balaban J connectivity index is 2.26. The van der Waals surface area contributed by atoms with Gasteiger partial charge in [0.25, 0.3) is 0 Å². The van der Waals surface area contributed by atoms with E-state index >= 15 is 0 Å². The number of carbonyl (C=O) groups is 2. The van der Waals surface area contributed by atoms with Gasteiger partial charge in [-0.15, -0.1) is 0 Å². The molecule has 5 heteroatoms. The van der Waals surface area contributed by atoms with Crippen molar-refractivity contribution in [2.24, 2.45) is 0 Å². The molecule has 1 heterocycles. The molecular formula is C21H17F2NO2. The predicted octanol–water partition coefficient (Wildman–Crippen LogP) is 4.10. The average molecular weight is 353 g/mol. The Labute approximate surface area is 150 Å². The van der Waals surface area contributed by atoms with E-state index in [0.717, 1.165) is 6.42 Å². The summed E-state index contributed by atoms with van der Waals surface area (Å²) in [6.45, 7) is 0.531. The Kier molecular flexibility index (Phi) is 5.37. The number of amides is 1. The second-order valence-electron chi connectivity index (χ2n) is 5.92. The largest absolute Gasteiger partial charge is 0.312 e. The molecule has 0 aromatic heterocycles. The highest BCUT2D eigenvalue weighted by Gasteiger charge is 2.25. The molecule has 0 N–H and O–H groups in total. The molecule has 0 atom stereocenters. The lowest BCUT2D eigenvalue weighted by Gasteiger charge is -2.22. The second kappa shape index (κ2) is 7.87. The van der Waals surface area contributed by atoms with Gasteiger partial charge < -0.3 is 4.90 Å². The Morgan fingerprint density at radius 2 is 1.46 bits per heavy atom. The molecule has 1 aliphatic rings. The summed E-state index contributed by atoms with van der Waals surface area (Å²) in [4.78, 5) is 24.8. The number of allylic oxidation sites excluding steroid dienone is 2. The van der Waals surface area contributed by atoms with Crippen molar-refractivity contribution in [2.45, 2.75) is 12.8 Å². The second-order valence-corrected chi connectivity index (χ2v) is 5.92. The molecule has 0 aliphatic carbocycles. The van der Waals surface area contributed by atoms with Crippen LogP contribution in [0.1, 0.15) is 24.0 Å². The minimum absolute atomic E-state index is 0.0442. The molecule has 1 fully saturated rings. The SMILES string of the molecule is O=C/C=C/C(=C(c1ccc(F)cc1)c1ccc(F)cc1)N1CCCC1=O. The topological polar surface area (TPSA) is 37.4 Å². The van der Waals surface area contributed by atoms with Crippen LogP contribution in [0, 0.1) is 11.6 Å². The van der Waals surface area contributed by atoms with E-state index in [-0.39, 0.29) is 17.5 Å². The summed E-state index contributed by atoms with van der Waals surface area (Å²) in [6, 6.07) is 11.7. The Morgan fingerprint density at radius 3 is 1.88 bits per heavy atom. The van der Waals surface area contributed by atoms with Crippen LogP contribution in [0.4, 0.5) is 8.78 Å². The van der Waals surface area contributed by atoms with Gasteiger partial charge in [0, 0.05) is 18.5 Å². The number of nitrogens with zero attached hydrogens (tertiary/aromatic N) is 1. The van der Waals surface area contributed by atoms with Crippen molar-refractivity contribution in [1.82, 2.24) is 4.90 Å². The minimum Gasteiger partial charge on any atom is -0.312 e. The Bertz CT molecular complexity index is 820. The summed E-state index contributed by atoms with van der Waals surface area (Å²) < 4.78 is 26.8. The van der Waals surface area contributed by atoms with Gasteiger partial charge in [-0.25, -0.2) is 8.78 Å². The van der Waals surface area contributed by atoms with Gasteiger partial charge in [-0.3, -0.25) is 9.59 Å². The number of likely N-dealkylation sites (tertiary alicyclic amines) is 1. The number of rotatable bonds is 5. The Hall–Kier alpha value is -3.08. The van der Waals surface area contributed by atoms with E-state index in [1.807, 2.05) is 0 Å². The van der Waals surface area contributed by atoms with E-state index in [1.54, 1.807) is 35.2 Å². The maximum atomic E-state index is 13.4. The first-order chi connectivity index (χ1) is 12.6. The quantitative estimate of drug-likeness (QED) is 0.461. The number of benzene rings is 2. The van der Waals surface area contributed by atoms with Crippen molar-refractivity contribution in [2.75, 3.05) is 6.54 Å². The van der Waals surface area contributed by atoms with Crippen LogP contribution < -0.4 is 0 Å². The molecule has 0 spiro atoms. The maximum Gasteiger partial charge on any atom is 0.227 e. The van der Waals surface area contributed by atoms with Crippen LogP contribution in [0.2, 0.25) is 0 Å². The summed E-state index contributed by atoms with van der Waals surface area (Å²) >= 11 is 0. The number of aldehydes is 1. The lowest BCUT2D eigenvalue weighted by atomic mass is 9.95. The zero-order valence-electron chi connectivity index (χ0n) is 14.0. The van der Waals surface area contributed by atoms with Crippen molar-refractivity contribution < 1.29 is 18.4 Å². The van der Waals surface area contributed by atoms with Gasteiger partial charge in [-0.2, -0.15) is 0 Å². The highest BCUT2D eigenvalue weighted by Crippen LogP contribution is 2.32. The predicted molar refractivity (Wildman–Crippen MR) is 95.0 cm³/mol. The number of halogens is 2. The van der Waals surface area contributed by atoms with Gasteiger partial charge >= 0.3 is 0 Å². The molecule has 0 unspecified atom stereocenters. The third-order valence-corrected chi connectivity index (χ3v) is 4.22. The lowest BCUT2D eigenvalue weighted by molar-refractivity contribution is -0.125. The summed E-state index contributed by atoms with van der Waals surface area (Å²) in [5, 5.41) is 0. The molecule has 1 amide bonds. The monoisotopic (exact) mass is 353 g/mol. The molecule has 132 valence electrons. The van der Waals surface area contributed by atoms with Crippen molar-refractivity contribution in [1.29, 1.82) is 0 Å². The number of hydrogen-bond donors (Lipinski definition) is 0. The Morgan fingerprint density at radius 1 is 0.923 bits per heavy atom. The van der Waals surface area contributed by atoms with Gasteiger partial charge in [-0.1, -0.05) is 24.3 Å². The fraction of sp³-hybridized carbons (Fsp3) is 0.143. The smallest absolute Gasteiger partial charge is 0.227 e.